The van der Waals surface area contributed by atoms with Crippen LogP contribution in [-0.4, -0.2) is 48.3 Å². The van der Waals surface area contributed by atoms with E-state index in [0.717, 1.165) is 19.3 Å². The fraction of sp³-hybridized carbons (Fsp3) is 0.875. The molecule has 6 nitrogen and oxygen atoms in total. The van der Waals surface area contributed by atoms with Gasteiger partial charge in [0.2, 0.25) is 0 Å². The quantitative estimate of drug-likeness (QED) is 0.808. The zero-order valence-electron chi connectivity index (χ0n) is 14.6. The van der Waals surface area contributed by atoms with Crippen molar-refractivity contribution in [1.29, 1.82) is 0 Å². The average molecular weight is 314 g/mol. The Morgan fingerprint density at radius 3 is 2.27 bits per heavy atom. The molecular weight excluding hydrogens is 284 g/mol. The van der Waals surface area contributed by atoms with Crippen molar-refractivity contribution in [2.24, 2.45) is 11.1 Å². The molecule has 1 aliphatic heterocycles. The molecule has 0 aromatic heterocycles. The lowest BCUT2D eigenvalue weighted by Gasteiger charge is -2.46. The fourth-order valence-corrected chi connectivity index (χ4v) is 2.88. The zero-order valence-corrected chi connectivity index (χ0v) is 14.6. The lowest BCUT2D eigenvalue weighted by molar-refractivity contribution is -0.146. The van der Waals surface area contributed by atoms with Gasteiger partial charge in [-0.05, 0) is 40.0 Å². The van der Waals surface area contributed by atoms with E-state index in [9.17, 15) is 9.59 Å². The Morgan fingerprint density at radius 1 is 1.18 bits per heavy atom. The molecule has 2 N–H and O–H groups in total. The fourth-order valence-electron chi connectivity index (χ4n) is 2.88. The number of amides is 1. The number of hydrogen-bond acceptors (Lipinski definition) is 5. The summed E-state index contributed by atoms with van der Waals surface area (Å²) >= 11 is 0. The summed E-state index contributed by atoms with van der Waals surface area (Å²) in [5.74, 6) is -0.459. The predicted molar refractivity (Wildman–Crippen MR) is 84.4 cm³/mol. The number of nitrogens with zero attached hydrogens (tertiary/aromatic N) is 1. The van der Waals surface area contributed by atoms with Gasteiger partial charge in [-0.3, -0.25) is 4.79 Å². The minimum atomic E-state index is -0.787. The Balaban J connectivity index is 2.97. The Kier molecular flexibility index (Phi) is 5.84. The van der Waals surface area contributed by atoms with Crippen LogP contribution in [0.2, 0.25) is 0 Å². The van der Waals surface area contributed by atoms with Crippen LogP contribution in [0.1, 0.15) is 53.9 Å². The number of carbonyl (C=O) groups excluding carboxylic acids is 2. The van der Waals surface area contributed by atoms with Gasteiger partial charge in [-0.2, -0.15) is 0 Å². The number of ether oxygens (including phenoxy) is 2. The van der Waals surface area contributed by atoms with E-state index < -0.39 is 23.0 Å². The van der Waals surface area contributed by atoms with Crippen molar-refractivity contribution in [1.82, 2.24) is 4.90 Å². The minimum Gasteiger partial charge on any atom is -0.468 e. The first-order valence-corrected chi connectivity index (χ1v) is 7.83. The molecule has 1 fully saturated rings. The summed E-state index contributed by atoms with van der Waals surface area (Å²) in [5, 5.41) is 0. The predicted octanol–water partition coefficient (Wildman–Crippen LogP) is 2.30. The van der Waals surface area contributed by atoms with Crippen molar-refractivity contribution in [2.75, 3.05) is 13.7 Å². The van der Waals surface area contributed by atoms with E-state index in [2.05, 4.69) is 0 Å². The first-order valence-electron chi connectivity index (χ1n) is 7.83. The van der Waals surface area contributed by atoms with Crippen molar-refractivity contribution < 1.29 is 19.1 Å². The average Bonchev–Trinajstić information content (AvgIpc) is 2.43. The molecule has 128 valence electrons. The largest absolute Gasteiger partial charge is 0.468 e. The van der Waals surface area contributed by atoms with Gasteiger partial charge in [-0.15, -0.1) is 0 Å². The highest BCUT2D eigenvalue weighted by Crippen LogP contribution is 2.35. The summed E-state index contributed by atoms with van der Waals surface area (Å²) in [5.41, 5.74) is 4.93. The van der Waals surface area contributed by atoms with Crippen LogP contribution in [0.3, 0.4) is 0 Å². The topological polar surface area (TPSA) is 81.9 Å². The number of methoxy groups -OCH3 is 1. The molecule has 2 unspecified atom stereocenters. The number of hydrogen-bond donors (Lipinski definition) is 1. The van der Waals surface area contributed by atoms with E-state index in [0.29, 0.717) is 6.54 Å². The van der Waals surface area contributed by atoms with E-state index >= 15 is 0 Å². The van der Waals surface area contributed by atoms with Crippen molar-refractivity contribution in [2.45, 2.75) is 71.6 Å². The third-order valence-electron chi connectivity index (χ3n) is 4.25. The van der Waals surface area contributed by atoms with E-state index in [1.54, 1.807) is 4.90 Å². The Morgan fingerprint density at radius 2 is 1.77 bits per heavy atom. The number of carbonyl (C=O) groups is 2. The summed E-state index contributed by atoms with van der Waals surface area (Å²) in [6.07, 6.45) is 2.39. The SMILES string of the molecule is COC(=O)C(N)C(C)(C)C1CCCCN1C(=O)OC(C)(C)C. The van der Waals surface area contributed by atoms with E-state index in [4.69, 9.17) is 15.2 Å². The highest BCUT2D eigenvalue weighted by Gasteiger charge is 2.45. The van der Waals surface area contributed by atoms with Gasteiger partial charge >= 0.3 is 12.1 Å². The first-order chi connectivity index (χ1) is 10.0. The maximum atomic E-state index is 12.5. The maximum absolute atomic E-state index is 12.5. The highest BCUT2D eigenvalue weighted by atomic mass is 16.6. The molecule has 1 rings (SSSR count). The van der Waals surface area contributed by atoms with Crippen LogP contribution < -0.4 is 5.73 Å². The molecule has 0 aromatic rings. The van der Waals surface area contributed by atoms with Crippen LogP contribution in [0.25, 0.3) is 0 Å². The lowest BCUT2D eigenvalue weighted by atomic mass is 9.73. The van der Waals surface area contributed by atoms with Gasteiger partial charge in [-0.25, -0.2) is 4.79 Å². The maximum Gasteiger partial charge on any atom is 0.410 e. The molecule has 2 atom stereocenters. The molecule has 22 heavy (non-hydrogen) atoms. The summed E-state index contributed by atoms with van der Waals surface area (Å²) < 4.78 is 10.3. The van der Waals surface area contributed by atoms with E-state index in [1.165, 1.54) is 7.11 Å². The third kappa shape index (κ3) is 4.35. The molecule has 0 spiro atoms. The Labute approximate surface area is 133 Å². The standard InChI is InChI=1S/C16H30N2O4/c1-15(2,3)22-14(20)18-10-8-7-9-11(18)16(4,5)12(17)13(19)21-6/h11-12H,7-10,17H2,1-6H3. The molecule has 1 aliphatic rings. The highest BCUT2D eigenvalue weighted by molar-refractivity contribution is 5.77. The molecule has 1 heterocycles. The zero-order chi connectivity index (χ0) is 17.1. The summed E-state index contributed by atoms with van der Waals surface area (Å²) in [6, 6.07) is -0.935. The van der Waals surface area contributed by atoms with Gasteiger partial charge < -0.3 is 20.1 Å². The Hall–Kier alpha value is -1.30. The number of piperidine rings is 1. The third-order valence-corrected chi connectivity index (χ3v) is 4.25. The van der Waals surface area contributed by atoms with Gasteiger partial charge in [-0.1, -0.05) is 13.8 Å². The van der Waals surface area contributed by atoms with E-state index in [1.807, 2.05) is 34.6 Å². The second-order valence-electron chi connectivity index (χ2n) is 7.51. The van der Waals surface area contributed by atoms with Crippen LogP contribution in [-0.2, 0) is 14.3 Å². The van der Waals surface area contributed by atoms with Crippen molar-refractivity contribution in [3.05, 3.63) is 0 Å². The van der Waals surface area contributed by atoms with Gasteiger partial charge in [0, 0.05) is 18.0 Å². The summed E-state index contributed by atoms with van der Waals surface area (Å²) in [7, 11) is 1.32. The first kappa shape index (κ1) is 18.7. The summed E-state index contributed by atoms with van der Waals surface area (Å²) in [4.78, 5) is 26.0. The van der Waals surface area contributed by atoms with Gasteiger partial charge in [0.25, 0.3) is 0 Å². The van der Waals surface area contributed by atoms with E-state index in [-0.39, 0.29) is 12.1 Å². The molecule has 0 saturated carbocycles. The number of rotatable bonds is 3. The molecule has 0 aromatic carbocycles. The molecule has 0 radical (unpaired) electrons. The van der Waals surface area contributed by atoms with Crippen LogP contribution in [0, 0.1) is 5.41 Å². The molecule has 1 saturated heterocycles. The molecule has 6 heteroatoms. The molecule has 0 bridgehead atoms. The minimum absolute atomic E-state index is 0.148. The van der Waals surface area contributed by atoms with Gasteiger partial charge in [0.1, 0.15) is 11.6 Å². The van der Waals surface area contributed by atoms with Crippen LogP contribution in [0.5, 0.6) is 0 Å². The molecule has 1 amide bonds. The van der Waals surface area contributed by atoms with Crippen molar-refractivity contribution in [3.63, 3.8) is 0 Å². The van der Waals surface area contributed by atoms with Crippen molar-refractivity contribution in [3.8, 4) is 0 Å². The van der Waals surface area contributed by atoms with Crippen LogP contribution >= 0.6 is 0 Å². The smallest absolute Gasteiger partial charge is 0.410 e. The van der Waals surface area contributed by atoms with Crippen molar-refractivity contribution >= 4 is 12.1 Å². The second kappa shape index (κ2) is 6.86. The monoisotopic (exact) mass is 314 g/mol. The second-order valence-corrected chi connectivity index (χ2v) is 7.51. The van der Waals surface area contributed by atoms with Gasteiger partial charge in [0.05, 0.1) is 7.11 Å². The van der Waals surface area contributed by atoms with Gasteiger partial charge in [0.15, 0.2) is 0 Å². The van der Waals surface area contributed by atoms with Crippen LogP contribution in [0.4, 0.5) is 4.79 Å². The summed E-state index contributed by atoms with van der Waals surface area (Å²) in [6.45, 7) is 9.96. The molecular formula is C16H30N2O4. The molecule has 0 aliphatic carbocycles. The number of esters is 1. The lowest BCUT2D eigenvalue weighted by Crippen LogP contribution is -2.59. The normalized spacial score (nSPS) is 21.2. The Bertz CT molecular complexity index is 415. The number of nitrogens with two attached hydrogens (primary N) is 1. The van der Waals surface area contributed by atoms with Crippen LogP contribution in [0.15, 0.2) is 0 Å². The number of likely N-dealkylation sites (tertiary alicyclic amines) is 1.